The highest BCUT2D eigenvalue weighted by atomic mass is 32.1. The maximum Gasteiger partial charge on any atom is 0.274 e. The summed E-state index contributed by atoms with van der Waals surface area (Å²) >= 11 is 1.42. The second-order valence-corrected chi connectivity index (χ2v) is 10.0. The molecule has 0 bridgehead atoms. The number of nitrogens with one attached hydrogen (secondary N) is 2. The van der Waals surface area contributed by atoms with Gasteiger partial charge < -0.3 is 15.5 Å². The molecule has 1 unspecified atom stereocenters. The van der Waals surface area contributed by atoms with Crippen molar-refractivity contribution in [3.63, 3.8) is 0 Å². The SMILES string of the molecule is CC(Nc1nc(C(=O)N2CC(NC(=O)C3(C)CCC3)C2)c2sccc2n1)c1cncc(F)c1. The van der Waals surface area contributed by atoms with Crippen molar-refractivity contribution in [1.29, 1.82) is 0 Å². The summed E-state index contributed by atoms with van der Waals surface area (Å²) in [6.45, 7) is 4.78. The number of carbonyl (C=O) groups excluding carboxylic acids is 2. The maximum atomic E-state index is 13.5. The number of anilines is 1. The van der Waals surface area contributed by atoms with Gasteiger partial charge in [-0.1, -0.05) is 13.3 Å². The highest BCUT2D eigenvalue weighted by Crippen LogP contribution is 2.40. The number of likely N-dealkylation sites (tertiary alicyclic amines) is 1. The van der Waals surface area contributed by atoms with Gasteiger partial charge in [-0.25, -0.2) is 14.4 Å². The first-order chi connectivity index (χ1) is 15.8. The quantitative estimate of drug-likeness (QED) is 0.574. The standard InChI is InChI=1S/C23H25FN6O2S/c1-13(14-8-15(24)10-25-9-14)26-22-28-17-4-7-33-19(17)18(29-22)20(31)30-11-16(12-30)27-21(32)23(2)5-3-6-23/h4,7-10,13,16H,3,5-6,11-12H2,1-2H3,(H,27,32)(H,26,28,29). The highest BCUT2D eigenvalue weighted by molar-refractivity contribution is 7.17. The lowest BCUT2D eigenvalue weighted by Crippen LogP contribution is -2.63. The minimum Gasteiger partial charge on any atom is -0.349 e. The predicted molar refractivity (Wildman–Crippen MR) is 123 cm³/mol. The van der Waals surface area contributed by atoms with Crippen LogP contribution < -0.4 is 10.6 Å². The van der Waals surface area contributed by atoms with E-state index in [-0.39, 0.29) is 29.3 Å². The summed E-state index contributed by atoms with van der Waals surface area (Å²) in [5, 5.41) is 8.10. The molecule has 5 rings (SSSR count). The lowest BCUT2D eigenvalue weighted by atomic mass is 9.69. The van der Waals surface area contributed by atoms with E-state index in [4.69, 9.17) is 0 Å². The lowest BCUT2D eigenvalue weighted by Gasteiger charge is -2.43. The molecule has 2 fully saturated rings. The Morgan fingerprint density at radius 3 is 2.76 bits per heavy atom. The van der Waals surface area contributed by atoms with Crippen molar-refractivity contribution in [3.05, 3.63) is 47.0 Å². The first-order valence-corrected chi connectivity index (χ1v) is 11.9. The van der Waals surface area contributed by atoms with Crippen LogP contribution in [0.1, 0.15) is 55.2 Å². The van der Waals surface area contributed by atoms with Crippen LogP contribution in [0.15, 0.2) is 29.9 Å². The van der Waals surface area contributed by atoms with Crippen LogP contribution in [0.25, 0.3) is 10.2 Å². The fourth-order valence-electron chi connectivity index (χ4n) is 4.19. The summed E-state index contributed by atoms with van der Waals surface area (Å²) in [5.74, 6) is -0.226. The molecule has 33 heavy (non-hydrogen) atoms. The van der Waals surface area contributed by atoms with Gasteiger partial charge in [0.2, 0.25) is 11.9 Å². The molecule has 0 aromatic carbocycles. The van der Waals surface area contributed by atoms with Crippen LogP contribution in [0.4, 0.5) is 10.3 Å². The first kappa shape index (κ1) is 21.7. The second kappa shape index (κ2) is 8.33. The minimum absolute atomic E-state index is 0.0300. The van der Waals surface area contributed by atoms with Crippen LogP contribution in [-0.2, 0) is 4.79 Å². The van der Waals surface area contributed by atoms with Crippen molar-refractivity contribution in [2.75, 3.05) is 18.4 Å². The maximum absolute atomic E-state index is 13.5. The molecule has 1 aliphatic carbocycles. The van der Waals surface area contributed by atoms with Crippen molar-refractivity contribution >= 4 is 39.3 Å². The number of halogens is 1. The average molecular weight is 469 g/mol. The fourth-order valence-corrected chi connectivity index (χ4v) is 5.01. The van der Waals surface area contributed by atoms with Gasteiger partial charge in [0, 0.05) is 24.7 Å². The number of amides is 2. The Kier molecular flexibility index (Phi) is 5.48. The van der Waals surface area contributed by atoms with Crippen LogP contribution in [0, 0.1) is 11.2 Å². The molecule has 1 saturated heterocycles. The Morgan fingerprint density at radius 2 is 2.06 bits per heavy atom. The number of carbonyl (C=O) groups is 2. The molecule has 8 nitrogen and oxygen atoms in total. The zero-order chi connectivity index (χ0) is 23.2. The number of rotatable bonds is 6. The van der Waals surface area contributed by atoms with Gasteiger partial charge in [0.25, 0.3) is 5.91 Å². The van der Waals surface area contributed by atoms with Gasteiger partial charge in [-0.05, 0) is 42.8 Å². The molecule has 3 aromatic heterocycles. The van der Waals surface area contributed by atoms with Crippen LogP contribution in [0.5, 0.6) is 0 Å². The largest absolute Gasteiger partial charge is 0.349 e. The van der Waals surface area contributed by atoms with E-state index in [2.05, 4.69) is 25.6 Å². The van der Waals surface area contributed by atoms with Gasteiger partial charge in [0.1, 0.15) is 5.82 Å². The van der Waals surface area contributed by atoms with Crippen LogP contribution in [0.2, 0.25) is 0 Å². The average Bonchev–Trinajstić information content (AvgIpc) is 3.21. The van der Waals surface area contributed by atoms with Crippen molar-refractivity contribution in [2.24, 2.45) is 5.41 Å². The minimum atomic E-state index is -0.419. The van der Waals surface area contributed by atoms with Crippen molar-refractivity contribution < 1.29 is 14.0 Å². The Labute approximate surface area is 194 Å². The number of nitrogens with zero attached hydrogens (tertiary/aromatic N) is 4. The zero-order valence-corrected chi connectivity index (χ0v) is 19.3. The number of hydrogen-bond donors (Lipinski definition) is 2. The summed E-state index contributed by atoms with van der Waals surface area (Å²) in [4.78, 5) is 40.3. The van der Waals surface area contributed by atoms with E-state index in [1.807, 2.05) is 25.3 Å². The van der Waals surface area contributed by atoms with Gasteiger partial charge in [-0.15, -0.1) is 11.3 Å². The van der Waals surface area contributed by atoms with E-state index in [1.165, 1.54) is 17.4 Å². The van der Waals surface area contributed by atoms with Crippen molar-refractivity contribution in [3.8, 4) is 0 Å². The van der Waals surface area contributed by atoms with Crippen LogP contribution >= 0.6 is 11.3 Å². The molecule has 10 heteroatoms. The Balaban J connectivity index is 1.29. The Bertz CT molecular complexity index is 1220. The third-order valence-corrected chi connectivity index (χ3v) is 7.50. The number of pyridine rings is 1. The summed E-state index contributed by atoms with van der Waals surface area (Å²) < 4.78 is 14.3. The lowest BCUT2D eigenvalue weighted by molar-refractivity contribution is -0.136. The Morgan fingerprint density at radius 1 is 1.27 bits per heavy atom. The van der Waals surface area contributed by atoms with E-state index in [9.17, 15) is 14.0 Å². The van der Waals surface area contributed by atoms with E-state index < -0.39 is 5.82 Å². The molecule has 172 valence electrons. The summed E-state index contributed by atoms with van der Waals surface area (Å²) in [5.41, 5.74) is 1.40. The number of hydrogen-bond acceptors (Lipinski definition) is 7. The third kappa shape index (κ3) is 4.15. The monoisotopic (exact) mass is 468 g/mol. The molecular formula is C23H25FN6O2S. The summed E-state index contributed by atoms with van der Waals surface area (Å²) in [6.07, 6.45) is 5.66. The molecule has 2 aliphatic rings. The molecule has 0 spiro atoms. The van der Waals surface area contributed by atoms with Gasteiger partial charge in [0.05, 0.1) is 28.5 Å². The third-order valence-electron chi connectivity index (χ3n) is 6.59. The first-order valence-electron chi connectivity index (χ1n) is 11.0. The normalized spacial score (nSPS) is 18.3. The van der Waals surface area contributed by atoms with Crippen molar-refractivity contribution in [1.82, 2.24) is 25.2 Å². The number of aromatic nitrogens is 3. The molecule has 1 aliphatic heterocycles. The van der Waals surface area contributed by atoms with Crippen LogP contribution in [-0.4, -0.2) is 50.8 Å². The molecule has 2 amide bonds. The fraction of sp³-hybridized carbons (Fsp3) is 0.435. The van der Waals surface area contributed by atoms with E-state index in [0.717, 1.165) is 30.2 Å². The van der Waals surface area contributed by atoms with Gasteiger partial charge >= 0.3 is 0 Å². The van der Waals surface area contributed by atoms with Gasteiger partial charge in [-0.2, -0.15) is 0 Å². The van der Waals surface area contributed by atoms with E-state index >= 15 is 0 Å². The zero-order valence-electron chi connectivity index (χ0n) is 18.5. The molecule has 4 heterocycles. The molecular weight excluding hydrogens is 443 g/mol. The molecule has 1 atom stereocenters. The van der Waals surface area contributed by atoms with Crippen molar-refractivity contribution in [2.45, 2.75) is 45.2 Å². The van der Waals surface area contributed by atoms with E-state index in [1.54, 1.807) is 11.1 Å². The topological polar surface area (TPSA) is 100 Å². The van der Waals surface area contributed by atoms with Gasteiger partial charge in [-0.3, -0.25) is 14.6 Å². The molecule has 1 saturated carbocycles. The molecule has 2 N–H and O–H groups in total. The number of fused-ring (bicyclic) bond motifs is 1. The van der Waals surface area contributed by atoms with E-state index in [0.29, 0.717) is 35.8 Å². The highest BCUT2D eigenvalue weighted by Gasteiger charge is 2.42. The predicted octanol–water partition coefficient (Wildman–Crippen LogP) is 3.53. The summed E-state index contributed by atoms with van der Waals surface area (Å²) in [6, 6.07) is 2.91. The second-order valence-electron chi connectivity index (χ2n) is 9.13. The number of thiophene rings is 1. The molecule has 0 radical (unpaired) electrons. The van der Waals surface area contributed by atoms with Gasteiger partial charge in [0.15, 0.2) is 5.69 Å². The smallest absolute Gasteiger partial charge is 0.274 e. The summed E-state index contributed by atoms with van der Waals surface area (Å²) in [7, 11) is 0. The Hall–Kier alpha value is -3.14. The van der Waals surface area contributed by atoms with Crippen LogP contribution in [0.3, 0.4) is 0 Å². The molecule has 3 aromatic rings.